The van der Waals surface area contributed by atoms with Crippen molar-refractivity contribution < 1.29 is 4.12 Å². The van der Waals surface area contributed by atoms with Gasteiger partial charge in [0, 0.05) is 0 Å². The van der Waals surface area contributed by atoms with Gasteiger partial charge in [0.25, 0.3) is 0 Å². The summed E-state index contributed by atoms with van der Waals surface area (Å²) in [6.07, 6.45) is 0. The Labute approximate surface area is 40.3 Å². The van der Waals surface area contributed by atoms with Gasteiger partial charge in [-0.1, -0.05) is 0 Å². The lowest BCUT2D eigenvalue weighted by molar-refractivity contribution is 0.656. The summed E-state index contributed by atoms with van der Waals surface area (Å²) in [4.78, 5) is 0. The van der Waals surface area contributed by atoms with Gasteiger partial charge in [0.05, 0.1) is 0 Å². The number of hydrogen-bond acceptors (Lipinski definition) is 2. The van der Waals surface area contributed by atoms with Crippen LogP contribution in [0.4, 0.5) is 0 Å². The second kappa shape index (κ2) is 2.86. The summed E-state index contributed by atoms with van der Waals surface area (Å²) < 4.78 is 4.57. The zero-order chi connectivity index (χ0) is 4.28. The van der Waals surface area contributed by atoms with E-state index in [0.29, 0.717) is 10.5 Å². The molecule has 0 bridgehead atoms. The van der Waals surface area contributed by atoms with Crippen LogP contribution in [0.5, 0.6) is 0 Å². The lowest BCUT2D eigenvalue weighted by Gasteiger charge is -1.90. The molecule has 0 aromatic carbocycles. The molecule has 0 aromatic heterocycles. The minimum atomic E-state index is -1.62. The summed E-state index contributed by atoms with van der Waals surface area (Å²) in [7, 11) is -0.938. The van der Waals surface area contributed by atoms with Crippen molar-refractivity contribution in [2.75, 3.05) is 0 Å². The topological polar surface area (TPSA) is 35.2 Å². The first-order valence-electron chi connectivity index (χ1n) is 1.20. The monoisotopic (exact) mass is 127 g/mol. The highest BCUT2D eigenvalue weighted by Gasteiger charge is 1.87. The highest BCUT2D eigenvalue weighted by atomic mass is 35.6. The maximum Gasteiger partial charge on any atom is 0.341 e. The Hall–Kier alpha value is 0.644. The van der Waals surface area contributed by atoms with E-state index in [9.17, 15) is 0 Å². The third-order valence-corrected chi connectivity index (χ3v) is 3.63. The number of hydrogen-bond donors (Lipinski definition) is 1. The van der Waals surface area contributed by atoms with E-state index in [1.165, 1.54) is 0 Å². The maximum absolute atomic E-state index is 5.19. The molecule has 5 heteroatoms. The van der Waals surface area contributed by atoms with E-state index in [1.54, 1.807) is 0 Å². The molecule has 0 radical (unpaired) electrons. The maximum atomic E-state index is 5.19. The number of halogens is 1. The van der Waals surface area contributed by atoms with Crippen LogP contribution < -0.4 is 5.40 Å². The van der Waals surface area contributed by atoms with Gasteiger partial charge in [-0.25, -0.2) is 0 Å². The average Bonchev–Trinajstić information content (AvgIpc) is 1.38. The van der Waals surface area contributed by atoms with Crippen LogP contribution in [-0.2, 0) is 4.12 Å². The van der Waals surface area contributed by atoms with Gasteiger partial charge in [0.1, 0.15) is 10.5 Å². The fourth-order valence-electron chi connectivity index (χ4n) is 0. The van der Waals surface area contributed by atoms with Crippen molar-refractivity contribution in [2.45, 2.75) is 0 Å². The fraction of sp³-hybridized carbons (Fsp3) is 0. The minimum absolute atomic E-state index is 0.678. The molecule has 1 unspecified atom stereocenters. The summed E-state index contributed by atoms with van der Waals surface area (Å²) in [5, 5.41) is 5.01. The van der Waals surface area contributed by atoms with Gasteiger partial charge in [-0.05, 0) is 0 Å². The van der Waals surface area contributed by atoms with Crippen LogP contribution in [0.25, 0.3) is 0 Å². The van der Waals surface area contributed by atoms with Gasteiger partial charge in [-0.15, -0.1) is 11.1 Å². The number of rotatable bonds is 1. The Bertz CT molecular complexity index is 23.6. The molecule has 0 spiro atoms. The Morgan fingerprint density at radius 3 is 2.20 bits per heavy atom. The van der Waals surface area contributed by atoms with Gasteiger partial charge in [-0.2, -0.15) is 0 Å². The summed E-state index contributed by atoms with van der Waals surface area (Å²) in [6.45, 7) is 0. The molecule has 0 aromatic rings. The summed E-state index contributed by atoms with van der Waals surface area (Å²) in [6, 6.07) is 0. The molecule has 0 aliphatic carbocycles. The van der Waals surface area contributed by atoms with Crippen molar-refractivity contribution >= 4 is 30.1 Å². The van der Waals surface area contributed by atoms with E-state index >= 15 is 0 Å². The van der Waals surface area contributed by atoms with Crippen LogP contribution in [0.3, 0.4) is 0 Å². The molecule has 32 valence electrons. The van der Waals surface area contributed by atoms with Crippen LogP contribution in [0.2, 0.25) is 0 Å². The van der Waals surface area contributed by atoms with Crippen molar-refractivity contribution in [3.05, 3.63) is 0 Å². The first kappa shape index (κ1) is 5.64. The second-order valence-electron chi connectivity index (χ2n) is 0.587. The SMILES string of the molecule is N[SiH](Cl)O[SiH3]. The molecule has 0 aliphatic heterocycles. The van der Waals surface area contributed by atoms with Gasteiger partial charge in [-0.3, -0.25) is 0 Å². The standard InChI is InChI=1S/ClH6NOSi2/c1-5(2)3-4/h5H,2H2,4H3. The molecule has 0 rings (SSSR count). The highest BCUT2D eigenvalue weighted by Crippen LogP contribution is 1.72. The molecule has 1 atom stereocenters. The zero-order valence-electron chi connectivity index (χ0n) is 2.94. The first-order valence-corrected chi connectivity index (χ1v) is 4.90. The van der Waals surface area contributed by atoms with E-state index in [2.05, 4.69) is 4.12 Å². The van der Waals surface area contributed by atoms with Crippen LogP contribution in [0.1, 0.15) is 0 Å². The lowest BCUT2D eigenvalue weighted by atomic mass is 13.9. The normalized spacial score (nSPS) is 15.6. The predicted molar refractivity (Wildman–Crippen MR) is 28.2 cm³/mol. The summed E-state index contributed by atoms with van der Waals surface area (Å²) in [5.74, 6) is 0. The molecule has 0 amide bonds. The Balaban J connectivity index is 2.54. The van der Waals surface area contributed by atoms with Gasteiger partial charge >= 0.3 is 8.51 Å². The molecule has 5 heavy (non-hydrogen) atoms. The Morgan fingerprint density at radius 2 is 2.20 bits per heavy atom. The first-order chi connectivity index (χ1) is 2.27. The number of nitrogens with two attached hydrogens (primary N) is 1. The van der Waals surface area contributed by atoms with E-state index in [0.717, 1.165) is 0 Å². The summed E-state index contributed by atoms with van der Waals surface area (Å²) >= 11 is 5.19. The molecular formula is H6ClNOSi2. The molecule has 0 saturated carbocycles. The van der Waals surface area contributed by atoms with Gasteiger partial charge < -0.3 is 9.51 Å². The van der Waals surface area contributed by atoms with Crippen LogP contribution in [-0.4, -0.2) is 19.0 Å². The minimum Gasteiger partial charge on any atom is -0.445 e. The molecule has 0 fully saturated rings. The third kappa shape index (κ3) is 4.64. The fourth-order valence-corrected chi connectivity index (χ4v) is 0. The smallest absolute Gasteiger partial charge is 0.341 e. The van der Waals surface area contributed by atoms with Crippen molar-refractivity contribution in [3.63, 3.8) is 0 Å². The van der Waals surface area contributed by atoms with E-state index in [4.69, 9.17) is 16.5 Å². The predicted octanol–water partition coefficient (Wildman–Crippen LogP) is -1.80. The molecule has 2 nitrogen and oxygen atoms in total. The quantitative estimate of drug-likeness (QED) is 0.333. The van der Waals surface area contributed by atoms with Crippen molar-refractivity contribution in [1.82, 2.24) is 0 Å². The van der Waals surface area contributed by atoms with Crippen molar-refractivity contribution in [1.29, 1.82) is 0 Å². The van der Waals surface area contributed by atoms with E-state index in [1.807, 2.05) is 0 Å². The molecule has 0 aliphatic rings. The van der Waals surface area contributed by atoms with Crippen molar-refractivity contribution in [2.24, 2.45) is 5.40 Å². The van der Waals surface area contributed by atoms with E-state index in [-0.39, 0.29) is 0 Å². The molecular weight excluding hydrogens is 122 g/mol. The molecule has 2 N–H and O–H groups in total. The van der Waals surface area contributed by atoms with Crippen molar-refractivity contribution in [3.8, 4) is 0 Å². The second-order valence-corrected chi connectivity index (χ2v) is 4.47. The lowest BCUT2D eigenvalue weighted by Crippen LogP contribution is -2.20. The Kier molecular flexibility index (Phi) is 3.23. The summed E-state index contributed by atoms with van der Waals surface area (Å²) in [5.41, 5.74) is 0. The highest BCUT2D eigenvalue weighted by molar-refractivity contribution is 7.02. The van der Waals surface area contributed by atoms with Crippen LogP contribution >= 0.6 is 11.1 Å². The van der Waals surface area contributed by atoms with Crippen LogP contribution in [0.15, 0.2) is 0 Å². The van der Waals surface area contributed by atoms with Gasteiger partial charge in [0.15, 0.2) is 0 Å². The van der Waals surface area contributed by atoms with E-state index < -0.39 is 8.51 Å². The van der Waals surface area contributed by atoms with Crippen LogP contribution in [0, 0.1) is 0 Å². The molecule has 0 saturated heterocycles. The third-order valence-electron chi connectivity index (χ3n) is 0.225. The zero-order valence-corrected chi connectivity index (χ0v) is 6.85. The largest absolute Gasteiger partial charge is 0.445 e. The average molecular weight is 128 g/mol. The Morgan fingerprint density at radius 1 is 2.00 bits per heavy atom. The molecule has 0 heterocycles. The van der Waals surface area contributed by atoms with Gasteiger partial charge in [0.2, 0.25) is 0 Å².